The van der Waals surface area contributed by atoms with Crippen LogP contribution >= 0.6 is 11.6 Å². The van der Waals surface area contributed by atoms with Crippen molar-refractivity contribution in [1.82, 2.24) is 4.90 Å². The van der Waals surface area contributed by atoms with Crippen LogP contribution < -0.4 is 10.2 Å². The second-order valence-electron chi connectivity index (χ2n) is 6.46. The molecule has 0 saturated carbocycles. The van der Waals surface area contributed by atoms with E-state index in [-0.39, 0.29) is 6.03 Å². The van der Waals surface area contributed by atoms with Crippen molar-refractivity contribution in [2.75, 3.05) is 44.7 Å². The number of carbonyl (C=O) groups is 1. The molecule has 0 radical (unpaired) electrons. The molecule has 5 nitrogen and oxygen atoms in total. The van der Waals surface area contributed by atoms with Crippen LogP contribution in [0.5, 0.6) is 0 Å². The number of nitrogens with one attached hydrogen (secondary N) is 2. The summed E-state index contributed by atoms with van der Waals surface area (Å²) in [5.74, 6) is 0. The van der Waals surface area contributed by atoms with Gasteiger partial charge in [0, 0.05) is 17.3 Å². The molecule has 0 atom stereocenters. The van der Waals surface area contributed by atoms with E-state index in [4.69, 9.17) is 16.3 Å². The number of rotatable bonds is 6. The van der Waals surface area contributed by atoms with Gasteiger partial charge in [0.15, 0.2) is 0 Å². The molecule has 0 spiro atoms. The molecule has 2 amide bonds. The Morgan fingerprint density at radius 2 is 1.88 bits per heavy atom. The van der Waals surface area contributed by atoms with Crippen LogP contribution in [0.25, 0.3) is 0 Å². The maximum atomic E-state index is 12.8. The van der Waals surface area contributed by atoms with E-state index in [1.807, 2.05) is 59.5 Å². The Morgan fingerprint density at radius 1 is 1.12 bits per heavy atom. The summed E-state index contributed by atoms with van der Waals surface area (Å²) in [6, 6.07) is 17.1. The van der Waals surface area contributed by atoms with Crippen molar-refractivity contribution < 1.29 is 14.4 Å². The molecule has 1 aliphatic rings. The lowest BCUT2D eigenvalue weighted by Gasteiger charge is -2.28. The Balaban J connectivity index is 1.66. The van der Waals surface area contributed by atoms with Crippen molar-refractivity contribution in [3.05, 3.63) is 65.2 Å². The predicted octanol–water partition coefficient (Wildman–Crippen LogP) is 2.29. The Hall–Kier alpha value is -2.08. The zero-order chi connectivity index (χ0) is 18.2. The third-order valence-electron chi connectivity index (χ3n) is 4.51. The van der Waals surface area contributed by atoms with Crippen molar-refractivity contribution in [1.29, 1.82) is 0 Å². The molecule has 138 valence electrons. The van der Waals surface area contributed by atoms with Gasteiger partial charge in [-0.15, -0.1) is 0 Å². The van der Waals surface area contributed by atoms with Gasteiger partial charge in [-0.05, 0) is 29.8 Å². The van der Waals surface area contributed by atoms with Gasteiger partial charge in [0.25, 0.3) is 0 Å². The number of amides is 2. The monoisotopic (exact) mass is 374 g/mol. The molecule has 1 aliphatic heterocycles. The number of hydrogen-bond acceptors (Lipinski definition) is 2. The first-order valence-corrected chi connectivity index (χ1v) is 9.35. The Morgan fingerprint density at radius 3 is 2.62 bits per heavy atom. The Kier molecular flexibility index (Phi) is 6.89. The molecule has 0 bridgehead atoms. The number of urea groups is 1. The molecule has 2 aromatic rings. The lowest BCUT2D eigenvalue weighted by Crippen LogP contribution is -3.14. The molecule has 2 aromatic carbocycles. The maximum Gasteiger partial charge on any atom is 0.322 e. The summed E-state index contributed by atoms with van der Waals surface area (Å²) in [6.45, 7) is 5.69. The molecule has 2 N–H and O–H groups in total. The minimum atomic E-state index is -0.0937. The van der Waals surface area contributed by atoms with Gasteiger partial charge in [0.1, 0.15) is 13.1 Å². The molecule has 6 heteroatoms. The van der Waals surface area contributed by atoms with E-state index in [1.54, 1.807) is 0 Å². The van der Waals surface area contributed by atoms with Crippen molar-refractivity contribution in [2.24, 2.45) is 0 Å². The molecule has 1 saturated heterocycles. The van der Waals surface area contributed by atoms with Gasteiger partial charge < -0.3 is 19.9 Å². The van der Waals surface area contributed by atoms with Crippen molar-refractivity contribution in [3.63, 3.8) is 0 Å². The summed E-state index contributed by atoms with van der Waals surface area (Å²) in [5, 5.41) is 3.67. The number of benzene rings is 2. The maximum absolute atomic E-state index is 12.8. The van der Waals surface area contributed by atoms with Crippen LogP contribution in [0.15, 0.2) is 54.6 Å². The number of anilines is 1. The smallest absolute Gasteiger partial charge is 0.322 e. The summed E-state index contributed by atoms with van der Waals surface area (Å²) in [6.07, 6.45) is 0. The number of quaternary nitrogens is 1. The fraction of sp³-hybridized carbons (Fsp3) is 0.350. The first-order chi connectivity index (χ1) is 12.7. The summed E-state index contributed by atoms with van der Waals surface area (Å²) < 4.78 is 5.41. The second-order valence-corrected chi connectivity index (χ2v) is 6.90. The average molecular weight is 375 g/mol. The summed E-state index contributed by atoms with van der Waals surface area (Å²) >= 11 is 6.10. The van der Waals surface area contributed by atoms with Crippen molar-refractivity contribution in [2.45, 2.75) is 6.54 Å². The minimum absolute atomic E-state index is 0.0937. The number of carbonyl (C=O) groups excluding carboxylic acids is 1. The Bertz CT molecular complexity index is 705. The van der Waals surface area contributed by atoms with Gasteiger partial charge in [-0.3, -0.25) is 0 Å². The van der Waals surface area contributed by atoms with Crippen molar-refractivity contribution in [3.8, 4) is 0 Å². The van der Waals surface area contributed by atoms with Gasteiger partial charge in [-0.2, -0.15) is 0 Å². The number of para-hydroxylation sites is 1. The highest BCUT2D eigenvalue weighted by Crippen LogP contribution is 2.14. The third kappa shape index (κ3) is 5.73. The summed E-state index contributed by atoms with van der Waals surface area (Å²) in [7, 11) is 0. The fourth-order valence-corrected chi connectivity index (χ4v) is 3.25. The van der Waals surface area contributed by atoms with Crippen LogP contribution in [0.3, 0.4) is 0 Å². The third-order valence-corrected chi connectivity index (χ3v) is 4.75. The predicted molar refractivity (Wildman–Crippen MR) is 104 cm³/mol. The SMILES string of the molecule is O=C(Nc1ccccc1)N(CC[NH+]1CCOCC1)Cc1cccc(Cl)c1. The van der Waals surface area contributed by atoms with E-state index in [2.05, 4.69) is 5.32 Å². The molecule has 1 fully saturated rings. The van der Waals surface area contributed by atoms with Crippen LogP contribution in [0.1, 0.15) is 5.56 Å². The normalized spacial score (nSPS) is 14.8. The highest BCUT2D eigenvalue weighted by Gasteiger charge is 2.19. The van der Waals surface area contributed by atoms with E-state index in [1.165, 1.54) is 4.90 Å². The van der Waals surface area contributed by atoms with Gasteiger partial charge in [-0.25, -0.2) is 4.79 Å². The molecule has 0 aromatic heterocycles. The number of morpholine rings is 1. The molecular formula is C20H25ClN3O2+. The van der Waals surface area contributed by atoms with E-state index in [9.17, 15) is 4.79 Å². The molecule has 0 aliphatic carbocycles. The molecule has 1 heterocycles. The van der Waals surface area contributed by atoms with Crippen LogP contribution in [0, 0.1) is 0 Å². The number of nitrogens with zero attached hydrogens (tertiary/aromatic N) is 1. The fourth-order valence-electron chi connectivity index (χ4n) is 3.04. The second kappa shape index (κ2) is 9.57. The van der Waals surface area contributed by atoms with E-state index < -0.39 is 0 Å². The van der Waals surface area contributed by atoms with Crippen LogP contribution in [0.4, 0.5) is 10.5 Å². The first kappa shape index (κ1) is 18.7. The van der Waals surface area contributed by atoms with Crippen LogP contribution in [0.2, 0.25) is 5.02 Å². The topological polar surface area (TPSA) is 46.0 Å². The summed E-state index contributed by atoms with van der Waals surface area (Å²) in [4.78, 5) is 16.1. The zero-order valence-electron chi connectivity index (χ0n) is 14.8. The number of ether oxygens (including phenoxy) is 1. The lowest BCUT2D eigenvalue weighted by molar-refractivity contribution is -0.907. The zero-order valence-corrected chi connectivity index (χ0v) is 15.5. The van der Waals surface area contributed by atoms with Crippen LogP contribution in [-0.4, -0.2) is 50.3 Å². The first-order valence-electron chi connectivity index (χ1n) is 8.97. The molecular weight excluding hydrogens is 350 g/mol. The van der Waals surface area contributed by atoms with E-state index in [0.717, 1.165) is 44.1 Å². The van der Waals surface area contributed by atoms with Gasteiger partial charge in [-0.1, -0.05) is 41.9 Å². The molecule has 3 rings (SSSR count). The number of halogens is 1. The average Bonchev–Trinajstić information content (AvgIpc) is 2.67. The van der Waals surface area contributed by atoms with Crippen molar-refractivity contribution >= 4 is 23.3 Å². The largest absolute Gasteiger partial charge is 0.370 e. The Labute approximate surface area is 159 Å². The van der Waals surface area contributed by atoms with E-state index >= 15 is 0 Å². The van der Waals surface area contributed by atoms with Gasteiger partial charge >= 0.3 is 6.03 Å². The van der Waals surface area contributed by atoms with Crippen LogP contribution in [-0.2, 0) is 11.3 Å². The highest BCUT2D eigenvalue weighted by atomic mass is 35.5. The summed E-state index contributed by atoms with van der Waals surface area (Å²) in [5.41, 5.74) is 1.82. The molecule has 26 heavy (non-hydrogen) atoms. The highest BCUT2D eigenvalue weighted by molar-refractivity contribution is 6.30. The lowest BCUT2D eigenvalue weighted by atomic mass is 10.2. The standard InChI is InChI=1S/C20H24ClN3O2/c21-18-6-4-5-17(15-18)16-24(10-9-23-11-13-26-14-12-23)20(25)22-19-7-2-1-3-8-19/h1-8,15H,9-14,16H2,(H,22,25)/p+1. The van der Waals surface area contributed by atoms with E-state index in [0.29, 0.717) is 18.1 Å². The quantitative estimate of drug-likeness (QED) is 0.815. The molecule has 0 unspecified atom stereocenters. The van der Waals surface area contributed by atoms with Gasteiger partial charge in [0.05, 0.1) is 26.3 Å². The number of hydrogen-bond donors (Lipinski definition) is 2. The van der Waals surface area contributed by atoms with Gasteiger partial charge in [0.2, 0.25) is 0 Å². The minimum Gasteiger partial charge on any atom is -0.370 e.